The first-order valence-electron chi connectivity index (χ1n) is 5.50. The number of para-hydroxylation sites is 1. The summed E-state index contributed by atoms with van der Waals surface area (Å²) >= 11 is 4.93. The van der Waals surface area contributed by atoms with Crippen LogP contribution in [0, 0.1) is 0 Å². The largest absolute Gasteiger partial charge is 0.465 e. The zero-order valence-electron chi connectivity index (χ0n) is 10.6. The molecule has 0 fully saturated rings. The van der Waals surface area contributed by atoms with Crippen molar-refractivity contribution in [1.29, 1.82) is 0 Å². The average molecular weight is 282 g/mol. The number of ether oxygens (including phenoxy) is 2. The van der Waals surface area contributed by atoms with Crippen LogP contribution in [0.5, 0.6) is 0 Å². The van der Waals surface area contributed by atoms with E-state index in [0.717, 1.165) is 0 Å². The van der Waals surface area contributed by atoms with E-state index in [1.54, 1.807) is 31.2 Å². The molecule has 102 valence electrons. The molecule has 0 aliphatic carbocycles. The highest BCUT2D eigenvalue weighted by Crippen LogP contribution is 2.15. The number of carbonyl (C=O) groups excluding carboxylic acids is 2. The van der Waals surface area contributed by atoms with Crippen LogP contribution in [-0.4, -0.2) is 30.9 Å². The van der Waals surface area contributed by atoms with Gasteiger partial charge in [-0.05, 0) is 31.3 Å². The maximum atomic E-state index is 11.5. The number of hydrogen-bond donors (Lipinski definition) is 2. The number of hydrogen-bond acceptors (Lipinski definition) is 5. The third-order valence-electron chi connectivity index (χ3n) is 2.07. The van der Waals surface area contributed by atoms with Crippen LogP contribution in [0.15, 0.2) is 24.3 Å². The maximum Gasteiger partial charge on any atom is 0.413 e. The van der Waals surface area contributed by atoms with E-state index >= 15 is 0 Å². The van der Waals surface area contributed by atoms with Gasteiger partial charge in [-0.1, -0.05) is 12.1 Å². The highest BCUT2D eigenvalue weighted by atomic mass is 32.1. The summed E-state index contributed by atoms with van der Waals surface area (Å²) in [6.07, 6.45) is -0.657. The Morgan fingerprint density at radius 2 is 2.00 bits per heavy atom. The summed E-state index contributed by atoms with van der Waals surface area (Å²) in [5.41, 5.74) is 0.758. The number of anilines is 1. The fraction of sp³-hybridized carbons (Fsp3) is 0.250. The molecule has 6 nitrogen and oxygen atoms in total. The summed E-state index contributed by atoms with van der Waals surface area (Å²) < 4.78 is 9.32. The molecule has 2 N–H and O–H groups in total. The molecule has 0 atom stereocenters. The zero-order valence-corrected chi connectivity index (χ0v) is 11.4. The number of rotatable bonds is 3. The molecule has 0 spiro atoms. The van der Waals surface area contributed by atoms with Gasteiger partial charge in [0, 0.05) is 0 Å². The number of esters is 1. The first-order chi connectivity index (χ1) is 9.08. The molecule has 19 heavy (non-hydrogen) atoms. The molecule has 0 unspecified atom stereocenters. The first-order valence-corrected chi connectivity index (χ1v) is 5.91. The Morgan fingerprint density at radius 1 is 1.32 bits per heavy atom. The van der Waals surface area contributed by atoms with Gasteiger partial charge >= 0.3 is 12.1 Å². The van der Waals surface area contributed by atoms with Crippen LogP contribution in [0.1, 0.15) is 17.3 Å². The molecule has 0 aliphatic rings. The van der Waals surface area contributed by atoms with Crippen LogP contribution in [0.4, 0.5) is 10.5 Å². The number of methoxy groups -OCH3 is 1. The van der Waals surface area contributed by atoms with E-state index in [1.807, 2.05) is 0 Å². The Kier molecular flexibility index (Phi) is 5.74. The Bertz CT molecular complexity index is 490. The van der Waals surface area contributed by atoms with Crippen molar-refractivity contribution in [2.45, 2.75) is 6.92 Å². The predicted octanol–water partition coefficient (Wildman–Crippen LogP) is 1.92. The predicted molar refractivity (Wildman–Crippen MR) is 74.2 cm³/mol. The van der Waals surface area contributed by atoms with E-state index in [0.29, 0.717) is 11.3 Å². The molecule has 1 aromatic carbocycles. The minimum absolute atomic E-state index is 0.0369. The molecule has 0 aliphatic heterocycles. The summed E-state index contributed by atoms with van der Waals surface area (Å²) in [5.74, 6) is -0.498. The van der Waals surface area contributed by atoms with Gasteiger partial charge in [0.15, 0.2) is 5.11 Å². The Morgan fingerprint density at radius 3 is 2.63 bits per heavy atom. The van der Waals surface area contributed by atoms with E-state index in [-0.39, 0.29) is 11.7 Å². The minimum Gasteiger partial charge on any atom is -0.465 e. The highest BCUT2D eigenvalue weighted by molar-refractivity contribution is 7.80. The lowest BCUT2D eigenvalue weighted by molar-refractivity contribution is 0.0602. The van der Waals surface area contributed by atoms with Gasteiger partial charge < -0.3 is 14.8 Å². The van der Waals surface area contributed by atoms with Gasteiger partial charge in [-0.25, -0.2) is 9.59 Å². The lowest BCUT2D eigenvalue weighted by atomic mass is 10.2. The molecule has 0 saturated carbocycles. The molecular weight excluding hydrogens is 268 g/mol. The molecule has 0 aromatic heterocycles. The van der Waals surface area contributed by atoms with Crippen molar-refractivity contribution in [2.75, 3.05) is 19.0 Å². The smallest absolute Gasteiger partial charge is 0.413 e. The van der Waals surface area contributed by atoms with Gasteiger partial charge in [0.05, 0.1) is 25.0 Å². The summed E-state index contributed by atoms with van der Waals surface area (Å²) in [6.45, 7) is 1.93. The lowest BCUT2D eigenvalue weighted by Crippen LogP contribution is -2.34. The van der Waals surface area contributed by atoms with Crippen molar-refractivity contribution in [3.05, 3.63) is 29.8 Å². The Balaban J connectivity index is 2.74. The fourth-order valence-corrected chi connectivity index (χ4v) is 1.49. The maximum absolute atomic E-state index is 11.5. The number of amides is 1. The molecular formula is C12H14N2O4S. The van der Waals surface area contributed by atoms with Crippen molar-refractivity contribution >= 4 is 35.1 Å². The van der Waals surface area contributed by atoms with Crippen molar-refractivity contribution in [3.8, 4) is 0 Å². The van der Waals surface area contributed by atoms with Crippen LogP contribution in [0.3, 0.4) is 0 Å². The van der Waals surface area contributed by atoms with E-state index in [4.69, 9.17) is 12.2 Å². The van der Waals surface area contributed by atoms with Crippen molar-refractivity contribution in [2.24, 2.45) is 0 Å². The average Bonchev–Trinajstić information content (AvgIpc) is 2.38. The van der Waals surface area contributed by atoms with Gasteiger partial charge in [0.1, 0.15) is 0 Å². The highest BCUT2D eigenvalue weighted by Gasteiger charge is 2.12. The lowest BCUT2D eigenvalue weighted by Gasteiger charge is -2.12. The Hall–Kier alpha value is -2.15. The third-order valence-corrected chi connectivity index (χ3v) is 2.28. The topological polar surface area (TPSA) is 76.7 Å². The third kappa shape index (κ3) is 4.55. The molecule has 7 heteroatoms. The van der Waals surface area contributed by atoms with Crippen LogP contribution in [0.25, 0.3) is 0 Å². The summed E-state index contributed by atoms with van der Waals surface area (Å²) in [5, 5.41) is 5.09. The van der Waals surface area contributed by atoms with Gasteiger partial charge in [-0.15, -0.1) is 0 Å². The van der Waals surface area contributed by atoms with E-state index in [2.05, 4.69) is 20.1 Å². The number of benzene rings is 1. The van der Waals surface area contributed by atoms with E-state index in [9.17, 15) is 9.59 Å². The van der Waals surface area contributed by atoms with Crippen LogP contribution in [0.2, 0.25) is 0 Å². The number of thiocarbonyl (C=S) groups is 1. The molecule has 0 bridgehead atoms. The summed E-state index contributed by atoms with van der Waals surface area (Å²) in [6, 6.07) is 6.65. The van der Waals surface area contributed by atoms with Crippen LogP contribution >= 0.6 is 12.2 Å². The number of alkyl carbamates (subject to hydrolysis) is 1. The SMILES string of the molecule is CCOC(=O)NC(=S)Nc1ccccc1C(=O)OC. The quantitative estimate of drug-likeness (QED) is 0.651. The fourth-order valence-electron chi connectivity index (χ4n) is 1.29. The second-order valence-corrected chi connectivity index (χ2v) is 3.75. The Labute approximate surface area is 116 Å². The van der Waals surface area contributed by atoms with Gasteiger partial charge in [0.2, 0.25) is 0 Å². The molecule has 1 rings (SSSR count). The number of nitrogens with one attached hydrogen (secondary N) is 2. The van der Waals surface area contributed by atoms with Crippen molar-refractivity contribution < 1.29 is 19.1 Å². The second-order valence-electron chi connectivity index (χ2n) is 3.34. The monoisotopic (exact) mass is 282 g/mol. The molecule has 1 amide bonds. The number of carbonyl (C=O) groups is 2. The molecule has 0 heterocycles. The minimum atomic E-state index is -0.657. The zero-order chi connectivity index (χ0) is 14.3. The van der Waals surface area contributed by atoms with E-state index < -0.39 is 12.1 Å². The van der Waals surface area contributed by atoms with Crippen LogP contribution in [-0.2, 0) is 9.47 Å². The summed E-state index contributed by atoms with van der Waals surface area (Å²) in [4.78, 5) is 22.7. The van der Waals surface area contributed by atoms with Gasteiger partial charge in [0.25, 0.3) is 0 Å². The first kappa shape index (κ1) is 14.9. The van der Waals surface area contributed by atoms with Gasteiger partial charge in [-0.2, -0.15) is 0 Å². The summed E-state index contributed by atoms with van der Waals surface area (Å²) in [7, 11) is 1.29. The molecule has 1 aromatic rings. The normalized spacial score (nSPS) is 9.37. The molecule has 0 saturated heterocycles. The van der Waals surface area contributed by atoms with Crippen molar-refractivity contribution in [1.82, 2.24) is 5.32 Å². The van der Waals surface area contributed by atoms with E-state index in [1.165, 1.54) is 7.11 Å². The van der Waals surface area contributed by atoms with Crippen LogP contribution < -0.4 is 10.6 Å². The standard InChI is InChI=1S/C12H14N2O4S/c1-3-18-12(16)14-11(19)13-9-7-5-4-6-8(9)10(15)17-2/h4-7H,3H2,1-2H3,(H2,13,14,16,19). The molecule has 0 radical (unpaired) electrons. The van der Waals surface area contributed by atoms with Crippen molar-refractivity contribution in [3.63, 3.8) is 0 Å². The second kappa shape index (κ2) is 7.32. The van der Waals surface area contributed by atoms with Gasteiger partial charge in [-0.3, -0.25) is 5.32 Å².